The molecule has 2 aliphatic rings. The van der Waals surface area contributed by atoms with E-state index >= 15 is 0 Å². The van der Waals surface area contributed by atoms with Crippen LogP contribution in [0, 0.1) is 0 Å². The van der Waals surface area contributed by atoms with E-state index < -0.39 is 0 Å². The molecule has 0 aromatic carbocycles. The third-order valence-electron chi connectivity index (χ3n) is 3.99. The molecular formula is C14H21N3O. The number of nitrogens with one attached hydrogen (secondary N) is 1. The summed E-state index contributed by atoms with van der Waals surface area (Å²) in [7, 11) is 2.04. The van der Waals surface area contributed by atoms with Gasteiger partial charge in [-0.3, -0.25) is 4.68 Å². The molecule has 98 valence electrons. The lowest BCUT2D eigenvalue weighted by Crippen LogP contribution is -2.33. The highest BCUT2D eigenvalue weighted by Crippen LogP contribution is 2.29. The zero-order valence-corrected chi connectivity index (χ0v) is 10.9. The Balaban J connectivity index is 1.62. The Labute approximate surface area is 108 Å². The molecule has 4 nitrogen and oxygen atoms in total. The summed E-state index contributed by atoms with van der Waals surface area (Å²) in [4.78, 5) is 0. The molecule has 18 heavy (non-hydrogen) atoms. The quantitative estimate of drug-likeness (QED) is 0.889. The fourth-order valence-electron chi connectivity index (χ4n) is 2.93. The van der Waals surface area contributed by atoms with Crippen LogP contribution in [0.1, 0.15) is 43.0 Å². The summed E-state index contributed by atoms with van der Waals surface area (Å²) in [6, 6.07) is 0.456. The van der Waals surface area contributed by atoms with E-state index in [1.165, 1.54) is 24.1 Å². The van der Waals surface area contributed by atoms with Crippen molar-refractivity contribution in [2.75, 3.05) is 6.54 Å². The van der Waals surface area contributed by atoms with Gasteiger partial charge in [0.2, 0.25) is 0 Å². The molecule has 0 radical (unpaired) electrons. The lowest BCUT2D eigenvalue weighted by atomic mass is 9.93. The number of rotatable bonds is 3. The van der Waals surface area contributed by atoms with E-state index in [0.29, 0.717) is 12.1 Å². The molecule has 1 aliphatic heterocycles. The van der Waals surface area contributed by atoms with Gasteiger partial charge in [-0.15, -0.1) is 0 Å². The minimum Gasteiger partial charge on any atom is -0.497 e. The van der Waals surface area contributed by atoms with Gasteiger partial charge in [-0.2, -0.15) is 5.10 Å². The van der Waals surface area contributed by atoms with E-state index in [2.05, 4.69) is 16.5 Å². The molecule has 0 amide bonds. The number of aryl methyl sites for hydroxylation is 1. The lowest BCUT2D eigenvalue weighted by Gasteiger charge is -2.27. The van der Waals surface area contributed by atoms with Crippen LogP contribution in [0.4, 0.5) is 0 Å². The molecular weight excluding hydrogens is 226 g/mol. The first-order chi connectivity index (χ1) is 8.84. The van der Waals surface area contributed by atoms with Crippen LogP contribution in [0.5, 0.6) is 0 Å². The average Bonchev–Trinajstić information content (AvgIpc) is 2.80. The number of nitrogens with zero attached hydrogens (tertiary/aromatic N) is 2. The van der Waals surface area contributed by atoms with Gasteiger partial charge in [0.15, 0.2) is 0 Å². The molecule has 1 aromatic heterocycles. The molecule has 2 unspecified atom stereocenters. The first-order valence-electron chi connectivity index (χ1n) is 6.89. The second-order valence-electron chi connectivity index (χ2n) is 5.23. The molecule has 2 atom stereocenters. The third kappa shape index (κ3) is 2.29. The van der Waals surface area contributed by atoms with Gasteiger partial charge >= 0.3 is 0 Å². The van der Waals surface area contributed by atoms with Crippen molar-refractivity contribution in [1.29, 1.82) is 0 Å². The first kappa shape index (κ1) is 11.8. The summed E-state index contributed by atoms with van der Waals surface area (Å²) in [6.07, 6.45) is 12.2. The molecule has 1 aromatic rings. The summed E-state index contributed by atoms with van der Waals surface area (Å²) in [5, 5.41) is 8.03. The maximum atomic E-state index is 5.60. The van der Waals surface area contributed by atoms with Crippen molar-refractivity contribution in [3.8, 4) is 0 Å². The Bertz CT molecular complexity index is 438. The SMILES string of the molecule is Cn1ncc2c1CCCC2NCC1CCC=CO1. The summed E-state index contributed by atoms with van der Waals surface area (Å²) in [5.74, 6) is 0. The van der Waals surface area contributed by atoms with Crippen molar-refractivity contribution >= 4 is 0 Å². The molecule has 2 heterocycles. The normalized spacial score (nSPS) is 26.7. The van der Waals surface area contributed by atoms with Crippen LogP contribution in [0.25, 0.3) is 0 Å². The van der Waals surface area contributed by atoms with Gasteiger partial charge in [0.25, 0.3) is 0 Å². The molecule has 0 bridgehead atoms. The number of fused-ring (bicyclic) bond motifs is 1. The highest BCUT2D eigenvalue weighted by Gasteiger charge is 2.24. The van der Waals surface area contributed by atoms with Crippen molar-refractivity contribution < 1.29 is 4.74 Å². The Morgan fingerprint density at radius 3 is 3.28 bits per heavy atom. The van der Waals surface area contributed by atoms with Crippen LogP contribution in [0.3, 0.4) is 0 Å². The molecule has 0 fully saturated rings. The van der Waals surface area contributed by atoms with Crippen LogP contribution in [-0.4, -0.2) is 22.4 Å². The van der Waals surface area contributed by atoms with Crippen molar-refractivity contribution in [2.45, 2.75) is 44.2 Å². The highest BCUT2D eigenvalue weighted by atomic mass is 16.5. The monoisotopic (exact) mass is 247 g/mol. The molecule has 0 saturated carbocycles. The second-order valence-corrected chi connectivity index (χ2v) is 5.23. The first-order valence-corrected chi connectivity index (χ1v) is 6.89. The minimum absolute atomic E-state index is 0.331. The highest BCUT2D eigenvalue weighted by molar-refractivity contribution is 5.24. The Kier molecular flexibility index (Phi) is 3.37. The van der Waals surface area contributed by atoms with E-state index in [0.717, 1.165) is 25.8 Å². The Morgan fingerprint density at radius 2 is 2.44 bits per heavy atom. The summed E-state index contributed by atoms with van der Waals surface area (Å²) >= 11 is 0. The van der Waals surface area contributed by atoms with Crippen LogP contribution < -0.4 is 5.32 Å². The van der Waals surface area contributed by atoms with Gasteiger partial charge in [-0.05, 0) is 38.2 Å². The second kappa shape index (κ2) is 5.14. The number of hydrogen-bond donors (Lipinski definition) is 1. The molecule has 0 saturated heterocycles. The van der Waals surface area contributed by atoms with E-state index in [9.17, 15) is 0 Å². The number of hydrogen-bond acceptors (Lipinski definition) is 3. The largest absolute Gasteiger partial charge is 0.497 e. The third-order valence-corrected chi connectivity index (χ3v) is 3.99. The van der Waals surface area contributed by atoms with Gasteiger partial charge in [0.1, 0.15) is 6.10 Å². The van der Waals surface area contributed by atoms with Crippen molar-refractivity contribution in [3.05, 3.63) is 29.8 Å². The smallest absolute Gasteiger partial charge is 0.110 e. The number of aromatic nitrogens is 2. The van der Waals surface area contributed by atoms with Crippen LogP contribution in [-0.2, 0) is 18.2 Å². The topological polar surface area (TPSA) is 39.1 Å². The predicted molar refractivity (Wildman–Crippen MR) is 70.1 cm³/mol. The zero-order chi connectivity index (χ0) is 12.4. The summed E-state index contributed by atoms with van der Waals surface area (Å²) in [6.45, 7) is 0.934. The van der Waals surface area contributed by atoms with Crippen molar-refractivity contribution in [3.63, 3.8) is 0 Å². The van der Waals surface area contributed by atoms with Crippen molar-refractivity contribution in [1.82, 2.24) is 15.1 Å². The molecule has 1 aliphatic carbocycles. The minimum atomic E-state index is 0.331. The standard InChI is InChI=1S/C14H21N3O/c1-17-14-7-4-6-13(12(14)10-16-17)15-9-11-5-2-3-8-18-11/h3,8,10-11,13,15H,2,4-7,9H2,1H3. The predicted octanol–water partition coefficient (Wildman–Crippen LogP) is 2.08. The molecule has 4 heteroatoms. The number of allylic oxidation sites excluding steroid dienone is 1. The average molecular weight is 247 g/mol. The van der Waals surface area contributed by atoms with Crippen LogP contribution in [0.2, 0.25) is 0 Å². The van der Waals surface area contributed by atoms with Gasteiger partial charge < -0.3 is 10.1 Å². The fourth-order valence-corrected chi connectivity index (χ4v) is 2.93. The summed E-state index contributed by atoms with van der Waals surface area (Å²) < 4.78 is 7.62. The Hall–Kier alpha value is -1.29. The van der Waals surface area contributed by atoms with E-state index in [1.54, 1.807) is 0 Å². The Morgan fingerprint density at radius 1 is 1.50 bits per heavy atom. The van der Waals surface area contributed by atoms with Crippen molar-refractivity contribution in [2.24, 2.45) is 7.05 Å². The maximum Gasteiger partial charge on any atom is 0.110 e. The van der Waals surface area contributed by atoms with E-state index in [-0.39, 0.29) is 0 Å². The number of ether oxygens (including phenoxy) is 1. The molecule has 0 spiro atoms. The fraction of sp³-hybridized carbons (Fsp3) is 0.643. The summed E-state index contributed by atoms with van der Waals surface area (Å²) in [5.41, 5.74) is 2.78. The van der Waals surface area contributed by atoms with Gasteiger partial charge in [0, 0.05) is 30.9 Å². The molecule has 1 N–H and O–H groups in total. The zero-order valence-electron chi connectivity index (χ0n) is 10.9. The van der Waals surface area contributed by atoms with E-state index in [1.807, 2.05) is 24.2 Å². The molecule has 3 rings (SSSR count). The maximum absolute atomic E-state index is 5.60. The van der Waals surface area contributed by atoms with Gasteiger partial charge in [0.05, 0.1) is 12.5 Å². The van der Waals surface area contributed by atoms with Gasteiger partial charge in [-0.1, -0.05) is 0 Å². The van der Waals surface area contributed by atoms with Gasteiger partial charge in [-0.25, -0.2) is 0 Å². The van der Waals surface area contributed by atoms with E-state index in [4.69, 9.17) is 4.74 Å². The lowest BCUT2D eigenvalue weighted by molar-refractivity contribution is 0.118. The van der Waals surface area contributed by atoms with Crippen LogP contribution >= 0.6 is 0 Å². The van der Waals surface area contributed by atoms with Crippen LogP contribution in [0.15, 0.2) is 18.5 Å².